The van der Waals surface area contributed by atoms with Gasteiger partial charge in [-0.05, 0) is 24.8 Å². The number of carbonyl (C=O) groups excluding carboxylic acids is 1. The molecule has 3 nitrogen and oxygen atoms in total. The van der Waals surface area contributed by atoms with Crippen LogP contribution in [0.25, 0.3) is 0 Å². The van der Waals surface area contributed by atoms with Crippen molar-refractivity contribution in [1.29, 1.82) is 0 Å². The van der Waals surface area contributed by atoms with Gasteiger partial charge in [-0.2, -0.15) is 0 Å². The number of hydrogen-bond acceptors (Lipinski definition) is 2. The average molecular weight is 247 g/mol. The Balaban J connectivity index is 0.00000225. The molecule has 0 spiro atoms. The Morgan fingerprint density at radius 1 is 1.38 bits per heavy atom. The van der Waals surface area contributed by atoms with Crippen molar-refractivity contribution in [1.82, 2.24) is 5.32 Å². The zero-order chi connectivity index (χ0) is 11.1. The molecule has 4 heteroatoms. The Kier molecular flexibility index (Phi) is 7.43. The first-order chi connectivity index (χ1) is 7.22. The Labute approximate surface area is 104 Å². The molecule has 0 radical (unpaired) electrons. The summed E-state index contributed by atoms with van der Waals surface area (Å²) >= 11 is 0. The first-order valence-corrected chi connectivity index (χ1v) is 5.80. The van der Waals surface area contributed by atoms with Crippen molar-refractivity contribution < 1.29 is 4.79 Å². The molecular weight excluding hydrogens is 224 g/mol. The zero-order valence-corrected chi connectivity index (χ0v) is 10.7. The van der Waals surface area contributed by atoms with Gasteiger partial charge in [0.2, 0.25) is 5.91 Å². The molecule has 16 heavy (non-hydrogen) atoms. The maximum atomic E-state index is 11.6. The summed E-state index contributed by atoms with van der Waals surface area (Å²) in [4.78, 5) is 11.6. The number of halogens is 1. The van der Waals surface area contributed by atoms with Crippen molar-refractivity contribution in [3.8, 4) is 0 Å². The van der Waals surface area contributed by atoms with E-state index in [4.69, 9.17) is 5.73 Å². The molecule has 1 aliphatic rings. The SMILES string of the molecule is C=CCNC(=O)CC1(CN)CCCCC1.Cl. The standard InChI is InChI=1S/C12H22N2O.ClH/c1-2-8-14-11(15)9-12(10-13)6-4-3-5-7-12;/h2H,1,3-10,13H2,(H,14,15);1H. The molecule has 0 aromatic carbocycles. The molecule has 0 heterocycles. The fourth-order valence-electron chi connectivity index (χ4n) is 2.34. The Bertz CT molecular complexity index is 225. The summed E-state index contributed by atoms with van der Waals surface area (Å²) in [6.07, 6.45) is 8.20. The Morgan fingerprint density at radius 2 is 2.00 bits per heavy atom. The second-order valence-electron chi connectivity index (χ2n) is 4.53. The molecule has 0 aromatic heterocycles. The lowest BCUT2D eigenvalue weighted by molar-refractivity contribution is -0.123. The van der Waals surface area contributed by atoms with E-state index in [-0.39, 0.29) is 23.7 Å². The molecule has 1 saturated carbocycles. The van der Waals surface area contributed by atoms with Gasteiger partial charge in [-0.3, -0.25) is 4.79 Å². The average Bonchev–Trinajstić information content (AvgIpc) is 2.27. The highest BCUT2D eigenvalue weighted by atomic mass is 35.5. The first kappa shape index (κ1) is 15.5. The fraction of sp³-hybridized carbons (Fsp3) is 0.750. The van der Waals surface area contributed by atoms with Crippen molar-refractivity contribution in [2.75, 3.05) is 13.1 Å². The van der Waals surface area contributed by atoms with Crippen molar-refractivity contribution in [3.05, 3.63) is 12.7 Å². The summed E-state index contributed by atoms with van der Waals surface area (Å²) in [6, 6.07) is 0. The van der Waals surface area contributed by atoms with Crippen LogP contribution in [0.15, 0.2) is 12.7 Å². The highest BCUT2D eigenvalue weighted by Crippen LogP contribution is 2.38. The molecule has 1 aliphatic carbocycles. The Morgan fingerprint density at radius 3 is 2.50 bits per heavy atom. The summed E-state index contributed by atoms with van der Waals surface area (Å²) in [5.74, 6) is 0.113. The van der Waals surface area contributed by atoms with Crippen LogP contribution in [0.1, 0.15) is 38.5 Å². The number of nitrogens with two attached hydrogens (primary N) is 1. The highest BCUT2D eigenvalue weighted by molar-refractivity contribution is 5.85. The van der Waals surface area contributed by atoms with E-state index in [9.17, 15) is 4.79 Å². The molecule has 1 amide bonds. The number of amides is 1. The van der Waals surface area contributed by atoms with Crippen LogP contribution in [0.4, 0.5) is 0 Å². The normalized spacial score (nSPS) is 18.3. The third kappa shape index (κ3) is 4.54. The number of nitrogens with one attached hydrogen (secondary N) is 1. The van der Waals surface area contributed by atoms with Gasteiger partial charge in [0, 0.05) is 13.0 Å². The minimum atomic E-state index is 0. The van der Waals surface area contributed by atoms with Gasteiger partial charge in [0.1, 0.15) is 0 Å². The summed E-state index contributed by atoms with van der Waals surface area (Å²) < 4.78 is 0. The van der Waals surface area contributed by atoms with Gasteiger partial charge in [-0.1, -0.05) is 25.3 Å². The van der Waals surface area contributed by atoms with Gasteiger partial charge >= 0.3 is 0 Å². The molecule has 0 saturated heterocycles. The first-order valence-electron chi connectivity index (χ1n) is 5.80. The number of carbonyl (C=O) groups is 1. The Hall–Kier alpha value is -0.540. The van der Waals surface area contributed by atoms with Crippen LogP contribution in [0.5, 0.6) is 0 Å². The van der Waals surface area contributed by atoms with Gasteiger partial charge in [0.05, 0.1) is 0 Å². The van der Waals surface area contributed by atoms with Crippen LogP contribution in [0.3, 0.4) is 0 Å². The third-order valence-electron chi connectivity index (χ3n) is 3.33. The van der Waals surface area contributed by atoms with E-state index in [1.54, 1.807) is 6.08 Å². The topological polar surface area (TPSA) is 55.1 Å². The smallest absolute Gasteiger partial charge is 0.220 e. The number of rotatable bonds is 5. The van der Waals surface area contributed by atoms with E-state index in [1.807, 2.05) is 0 Å². The van der Waals surface area contributed by atoms with E-state index < -0.39 is 0 Å². The minimum absolute atomic E-state index is 0. The second-order valence-corrected chi connectivity index (χ2v) is 4.53. The third-order valence-corrected chi connectivity index (χ3v) is 3.33. The lowest BCUT2D eigenvalue weighted by atomic mass is 9.71. The van der Waals surface area contributed by atoms with Crippen molar-refractivity contribution in [3.63, 3.8) is 0 Å². The largest absolute Gasteiger partial charge is 0.353 e. The summed E-state index contributed by atoms with van der Waals surface area (Å²) in [7, 11) is 0. The molecular formula is C12H23ClN2O. The molecule has 3 N–H and O–H groups in total. The molecule has 0 atom stereocenters. The molecule has 0 bridgehead atoms. The molecule has 0 aliphatic heterocycles. The predicted molar refractivity (Wildman–Crippen MR) is 69.6 cm³/mol. The molecule has 0 unspecified atom stereocenters. The van der Waals surface area contributed by atoms with E-state index in [1.165, 1.54) is 19.3 Å². The second kappa shape index (κ2) is 7.69. The quantitative estimate of drug-likeness (QED) is 0.730. The van der Waals surface area contributed by atoms with E-state index in [0.717, 1.165) is 12.8 Å². The van der Waals surface area contributed by atoms with Crippen LogP contribution >= 0.6 is 12.4 Å². The van der Waals surface area contributed by atoms with Crippen LogP contribution in [0.2, 0.25) is 0 Å². The van der Waals surface area contributed by atoms with Crippen molar-refractivity contribution in [2.24, 2.45) is 11.1 Å². The predicted octanol–water partition coefficient (Wildman–Crippen LogP) is 2.01. The van der Waals surface area contributed by atoms with Crippen molar-refractivity contribution >= 4 is 18.3 Å². The number of hydrogen-bond donors (Lipinski definition) is 2. The molecule has 0 aromatic rings. The molecule has 1 rings (SSSR count). The van der Waals surface area contributed by atoms with Crippen LogP contribution in [0, 0.1) is 5.41 Å². The lowest BCUT2D eigenvalue weighted by Crippen LogP contribution is -2.38. The molecule has 94 valence electrons. The van der Waals surface area contributed by atoms with E-state index >= 15 is 0 Å². The maximum absolute atomic E-state index is 11.6. The van der Waals surface area contributed by atoms with Crippen LogP contribution in [-0.4, -0.2) is 19.0 Å². The van der Waals surface area contributed by atoms with Crippen molar-refractivity contribution in [2.45, 2.75) is 38.5 Å². The van der Waals surface area contributed by atoms with E-state index in [0.29, 0.717) is 19.5 Å². The fourth-order valence-corrected chi connectivity index (χ4v) is 2.34. The highest BCUT2D eigenvalue weighted by Gasteiger charge is 2.32. The van der Waals surface area contributed by atoms with Crippen LogP contribution < -0.4 is 11.1 Å². The molecule has 1 fully saturated rings. The van der Waals surface area contributed by atoms with Gasteiger partial charge in [0.25, 0.3) is 0 Å². The summed E-state index contributed by atoms with van der Waals surface area (Å²) in [6.45, 7) is 4.77. The zero-order valence-electron chi connectivity index (χ0n) is 9.84. The lowest BCUT2D eigenvalue weighted by Gasteiger charge is -2.35. The van der Waals surface area contributed by atoms with Crippen LogP contribution in [-0.2, 0) is 4.79 Å². The van der Waals surface area contributed by atoms with E-state index in [2.05, 4.69) is 11.9 Å². The minimum Gasteiger partial charge on any atom is -0.353 e. The summed E-state index contributed by atoms with van der Waals surface area (Å²) in [5.41, 5.74) is 5.89. The van der Waals surface area contributed by atoms with Gasteiger partial charge in [0.15, 0.2) is 0 Å². The maximum Gasteiger partial charge on any atom is 0.220 e. The summed E-state index contributed by atoms with van der Waals surface area (Å²) in [5, 5.41) is 2.83. The van der Waals surface area contributed by atoms with Gasteiger partial charge in [-0.25, -0.2) is 0 Å². The van der Waals surface area contributed by atoms with Gasteiger partial charge in [-0.15, -0.1) is 19.0 Å². The van der Waals surface area contributed by atoms with Gasteiger partial charge < -0.3 is 11.1 Å². The monoisotopic (exact) mass is 246 g/mol.